The van der Waals surface area contributed by atoms with Gasteiger partial charge in [-0.1, -0.05) is 42.5 Å². The number of oxazole rings is 1. The van der Waals surface area contributed by atoms with Gasteiger partial charge in [0.25, 0.3) is 0 Å². The fourth-order valence-electron chi connectivity index (χ4n) is 2.87. The molecule has 1 amide bonds. The summed E-state index contributed by atoms with van der Waals surface area (Å²) in [5, 5.41) is 5.95. The smallest absolute Gasteiger partial charge is 0.230 e. The van der Waals surface area contributed by atoms with Crippen LogP contribution in [0.3, 0.4) is 0 Å². The number of anilines is 1. The molecule has 0 saturated heterocycles. The van der Waals surface area contributed by atoms with E-state index in [1.807, 2.05) is 72.8 Å². The van der Waals surface area contributed by atoms with Gasteiger partial charge in [0.05, 0.1) is 12.0 Å². The van der Waals surface area contributed by atoms with Crippen molar-refractivity contribution < 1.29 is 9.21 Å². The van der Waals surface area contributed by atoms with Gasteiger partial charge in [-0.2, -0.15) is 0 Å². The molecule has 0 aliphatic heterocycles. The van der Waals surface area contributed by atoms with Crippen molar-refractivity contribution in [3.05, 3.63) is 82.8 Å². The molecule has 0 radical (unpaired) electrons. The lowest BCUT2D eigenvalue weighted by atomic mass is 10.1. The molecular weight excluding hydrogens is 450 g/mol. The lowest BCUT2D eigenvalue weighted by Gasteiger charge is -2.09. The zero-order valence-electron chi connectivity index (χ0n) is 15.2. The number of nitrogens with zero attached hydrogens (tertiary/aromatic N) is 1. The van der Waals surface area contributed by atoms with Crippen LogP contribution in [0.2, 0.25) is 0 Å². The van der Waals surface area contributed by atoms with Crippen molar-refractivity contribution in [2.45, 2.75) is 6.42 Å². The molecule has 0 saturated carbocycles. The van der Waals surface area contributed by atoms with E-state index in [-0.39, 0.29) is 17.4 Å². The van der Waals surface area contributed by atoms with Crippen molar-refractivity contribution in [2.75, 3.05) is 5.32 Å². The van der Waals surface area contributed by atoms with Crippen molar-refractivity contribution in [3.63, 3.8) is 0 Å². The number of carbonyl (C=O) groups excluding carboxylic acids is 1. The van der Waals surface area contributed by atoms with Crippen molar-refractivity contribution in [1.82, 2.24) is 10.3 Å². The lowest BCUT2D eigenvalue weighted by molar-refractivity contribution is -0.119. The number of rotatable bonds is 4. The Balaban J connectivity index is 1.45. The van der Waals surface area contributed by atoms with Crippen LogP contribution in [0.25, 0.3) is 22.6 Å². The van der Waals surface area contributed by atoms with Crippen LogP contribution >= 0.6 is 28.1 Å². The van der Waals surface area contributed by atoms with Gasteiger partial charge in [0.2, 0.25) is 11.8 Å². The molecule has 144 valence electrons. The summed E-state index contributed by atoms with van der Waals surface area (Å²) in [5.41, 5.74) is 3.88. The molecule has 1 heterocycles. The lowest BCUT2D eigenvalue weighted by Crippen LogP contribution is -2.35. The molecule has 0 bridgehead atoms. The number of aromatic nitrogens is 1. The maximum Gasteiger partial charge on any atom is 0.230 e. The van der Waals surface area contributed by atoms with Crippen LogP contribution in [0.1, 0.15) is 5.56 Å². The summed E-state index contributed by atoms with van der Waals surface area (Å²) < 4.78 is 6.76. The zero-order chi connectivity index (χ0) is 20.2. The van der Waals surface area contributed by atoms with Gasteiger partial charge in [-0.05, 0) is 64.0 Å². The number of hydrogen-bond donors (Lipinski definition) is 2. The predicted octanol–water partition coefficient (Wildman–Crippen LogP) is 5.31. The predicted molar refractivity (Wildman–Crippen MR) is 122 cm³/mol. The van der Waals surface area contributed by atoms with E-state index in [0.717, 1.165) is 21.3 Å². The Bertz CT molecular complexity index is 1190. The quantitative estimate of drug-likeness (QED) is 0.399. The molecule has 3 aromatic carbocycles. The Labute approximate surface area is 181 Å². The van der Waals surface area contributed by atoms with Gasteiger partial charge in [-0.3, -0.25) is 4.79 Å². The summed E-state index contributed by atoms with van der Waals surface area (Å²) in [6, 6.07) is 22.7. The molecule has 4 rings (SSSR count). The third-order valence-corrected chi connectivity index (χ3v) is 5.11. The highest BCUT2D eigenvalue weighted by Crippen LogP contribution is 2.30. The summed E-state index contributed by atoms with van der Waals surface area (Å²) >= 11 is 8.77. The molecule has 2 N–H and O–H groups in total. The number of carbonyl (C=O) groups is 1. The summed E-state index contributed by atoms with van der Waals surface area (Å²) in [5.74, 6) is 0.357. The van der Waals surface area contributed by atoms with E-state index >= 15 is 0 Å². The molecule has 0 aliphatic carbocycles. The summed E-state index contributed by atoms with van der Waals surface area (Å²) in [4.78, 5) is 16.7. The van der Waals surface area contributed by atoms with Crippen LogP contribution in [-0.4, -0.2) is 16.0 Å². The molecule has 7 heteroatoms. The van der Waals surface area contributed by atoms with Crippen LogP contribution in [0.5, 0.6) is 0 Å². The van der Waals surface area contributed by atoms with Crippen LogP contribution in [0.4, 0.5) is 5.69 Å². The van der Waals surface area contributed by atoms with Gasteiger partial charge in [-0.25, -0.2) is 4.98 Å². The molecule has 0 unspecified atom stereocenters. The highest BCUT2D eigenvalue weighted by molar-refractivity contribution is 9.10. The number of thiocarbonyl (C=S) groups is 1. The van der Waals surface area contributed by atoms with Crippen LogP contribution < -0.4 is 10.6 Å². The van der Waals surface area contributed by atoms with E-state index in [0.29, 0.717) is 17.0 Å². The van der Waals surface area contributed by atoms with Gasteiger partial charge in [0.1, 0.15) is 5.52 Å². The molecule has 0 atom stereocenters. The van der Waals surface area contributed by atoms with Gasteiger partial charge >= 0.3 is 0 Å². The maximum atomic E-state index is 12.1. The maximum absolute atomic E-state index is 12.1. The Morgan fingerprint density at radius 1 is 1.03 bits per heavy atom. The van der Waals surface area contributed by atoms with Crippen molar-refractivity contribution in [1.29, 1.82) is 0 Å². The number of benzene rings is 3. The SMILES string of the molecule is O=C(Cc1ccccc1)NC(=S)Nc1ccc2oc(-c3ccccc3Br)nc2c1. The molecule has 5 nitrogen and oxygen atoms in total. The monoisotopic (exact) mass is 465 g/mol. The third-order valence-electron chi connectivity index (χ3n) is 4.21. The normalized spacial score (nSPS) is 10.7. The Hall–Kier alpha value is -3.03. The molecule has 0 aliphatic rings. The second-order valence-electron chi connectivity index (χ2n) is 6.35. The van der Waals surface area contributed by atoms with Crippen molar-refractivity contribution >= 4 is 56.0 Å². The summed E-state index contributed by atoms with van der Waals surface area (Å²) in [6.45, 7) is 0. The minimum Gasteiger partial charge on any atom is -0.436 e. The van der Waals surface area contributed by atoms with Crippen LogP contribution in [0, 0.1) is 0 Å². The van der Waals surface area contributed by atoms with E-state index < -0.39 is 0 Å². The van der Waals surface area contributed by atoms with Crippen molar-refractivity contribution in [3.8, 4) is 11.5 Å². The Morgan fingerprint density at radius 2 is 1.79 bits per heavy atom. The topological polar surface area (TPSA) is 67.2 Å². The summed E-state index contributed by atoms with van der Waals surface area (Å²) in [6.07, 6.45) is 0.264. The average Bonchev–Trinajstić information content (AvgIpc) is 3.12. The first kappa shape index (κ1) is 19.3. The fraction of sp³-hybridized carbons (Fsp3) is 0.0455. The number of halogens is 1. The van der Waals surface area contributed by atoms with Crippen LogP contribution in [-0.2, 0) is 11.2 Å². The first-order valence-electron chi connectivity index (χ1n) is 8.89. The first-order valence-corrected chi connectivity index (χ1v) is 10.1. The molecule has 4 aromatic rings. The minimum absolute atomic E-state index is 0.174. The number of hydrogen-bond acceptors (Lipinski definition) is 4. The highest BCUT2D eigenvalue weighted by Gasteiger charge is 2.12. The number of fused-ring (bicyclic) bond motifs is 1. The van der Waals surface area contributed by atoms with E-state index in [4.69, 9.17) is 16.6 Å². The van der Waals surface area contributed by atoms with E-state index in [1.54, 1.807) is 0 Å². The largest absolute Gasteiger partial charge is 0.436 e. The minimum atomic E-state index is -0.174. The fourth-order valence-corrected chi connectivity index (χ4v) is 3.56. The van der Waals surface area contributed by atoms with Gasteiger partial charge < -0.3 is 15.1 Å². The number of nitrogens with one attached hydrogen (secondary N) is 2. The van der Waals surface area contributed by atoms with Gasteiger partial charge in [0.15, 0.2) is 10.7 Å². The molecule has 0 spiro atoms. The Kier molecular flexibility index (Phi) is 5.69. The van der Waals surface area contributed by atoms with Gasteiger partial charge in [-0.15, -0.1) is 0 Å². The van der Waals surface area contributed by atoms with Gasteiger partial charge in [0, 0.05) is 10.2 Å². The molecule has 0 fully saturated rings. The number of amides is 1. The van der Waals surface area contributed by atoms with Crippen LogP contribution in [0.15, 0.2) is 81.7 Å². The average molecular weight is 466 g/mol. The standard InChI is InChI=1S/C22H16BrN3O2S/c23-17-9-5-4-8-16(17)21-25-18-13-15(10-11-19(18)28-21)24-22(29)26-20(27)12-14-6-2-1-3-7-14/h1-11,13H,12H2,(H2,24,26,27,29). The van der Waals surface area contributed by atoms with E-state index in [9.17, 15) is 4.79 Å². The highest BCUT2D eigenvalue weighted by atomic mass is 79.9. The van der Waals surface area contributed by atoms with E-state index in [1.165, 1.54) is 0 Å². The van der Waals surface area contributed by atoms with Crippen molar-refractivity contribution in [2.24, 2.45) is 0 Å². The second-order valence-corrected chi connectivity index (χ2v) is 7.61. The zero-order valence-corrected chi connectivity index (χ0v) is 17.6. The molecular formula is C22H16BrN3O2S. The second kappa shape index (κ2) is 8.55. The Morgan fingerprint density at radius 3 is 2.59 bits per heavy atom. The summed E-state index contributed by atoms with van der Waals surface area (Å²) in [7, 11) is 0. The molecule has 29 heavy (non-hydrogen) atoms. The van der Waals surface area contributed by atoms with E-state index in [2.05, 4.69) is 31.5 Å². The molecule has 1 aromatic heterocycles. The third kappa shape index (κ3) is 4.70. The first-order chi connectivity index (χ1) is 14.1.